The molecule has 2 aliphatic rings. The number of rotatable bonds is 5. The third kappa shape index (κ3) is 3.92. The van der Waals surface area contributed by atoms with E-state index in [0.717, 1.165) is 36.3 Å². The molecule has 1 aliphatic carbocycles. The highest BCUT2D eigenvalue weighted by Gasteiger charge is 2.31. The number of carbonyl (C=O) groups is 1. The van der Waals surface area contributed by atoms with Crippen LogP contribution in [0, 0.1) is 0 Å². The van der Waals surface area contributed by atoms with Crippen molar-refractivity contribution < 1.29 is 9.53 Å². The van der Waals surface area contributed by atoms with Gasteiger partial charge in [0.25, 0.3) is 0 Å². The molecule has 5 nitrogen and oxygen atoms in total. The van der Waals surface area contributed by atoms with Gasteiger partial charge in [-0.15, -0.1) is 0 Å². The van der Waals surface area contributed by atoms with Gasteiger partial charge in [-0.25, -0.2) is 9.78 Å². The van der Waals surface area contributed by atoms with E-state index in [4.69, 9.17) is 4.74 Å². The fraction of sp³-hybridized carbons (Fsp3) is 0.400. The van der Waals surface area contributed by atoms with Crippen LogP contribution >= 0.6 is 0 Å². The predicted octanol–water partition coefficient (Wildman–Crippen LogP) is 4.13. The second-order valence-corrected chi connectivity index (χ2v) is 6.79. The van der Waals surface area contributed by atoms with Crippen molar-refractivity contribution in [1.29, 1.82) is 0 Å². The van der Waals surface area contributed by atoms with Crippen molar-refractivity contribution >= 4 is 11.9 Å². The lowest BCUT2D eigenvalue weighted by molar-refractivity contribution is 0.0920. The molecule has 1 aromatic heterocycles. The lowest BCUT2D eigenvalue weighted by atomic mass is 10.1. The van der Waals surface area contributed by atoms with Gasteiger partial charge in [0.05, 0.1) is 6.04 Å². The number of nitrogens with one attached hydrogen (secondary N) is 1. The first-order valence-corrected chi connectivity index (χ1v) is 8.99. The van der Waals surface area contributed by atoms with Crippen LogP contribution in [-0.2, 0) is 11.3 Å². The fourth-order valence-corrected chi connectivity index (χ4v) is 3.26. The quantitative estimate of drug-likeness (QED) is 0.891. The molecule has 25 heavy (non-hydrogen) atoms. The number of amides is 1. The monoisotopic (exact) mass is 337 g/mol. The second-order valence-electron chi connectivity index (χ2n) is 6.79. The molecule has 2 heterocycles. The second kappa shape index (κ2) is 7.13. The molecule has 0 bridgehead atoms. The van der Waals surface area contributed by atoms with Crippen LogP contribution in [-0.4, -0.2) is 28.6 Å². The SMILES string of the molecule is O=C(OCc1ccccc1)N1CCCC1c1ccc(NC2CC2)nc1. The molecule has 1 aromatic carbocycles. The van der Waals surface area contributed by atoms with Crippen molar-refractivity contribution in [3.63, 3.8) is 0 Å². The highest BCUT2D eigenvalue weighted by atomic mass is 16.6. The van der Waals surface area contributed by atoms with Crippen molar-refractivity contribution in [2.45, 2.75) is 44.4 Å². The summed E-state index contributed by atoms with van der Waals surface area (Å²) in [5.74, 6) is 0.919. The normalized spacial score (nSPS) is 19.7. The number of aromatic nitrogens is 1. The minimum absolute atomic E-state index is 0.0609. The summed E-state index contributed by atoms with van der Waals surface area (Å²) in [5, 5.41) is 3.39. The molecule has 1 amide bonds. The first-order valence-electron chi connectivity index (χ1n) is 8.99. The van der Waals surface area contributed by atoms with E-state index in [1.54, 1.807) is 0 Å². The van der Waals surface area contributed by atoms with Crippen molar-refractivity contribution in [2.75, 3.05) is 11.9 Å². The first-order chi connectivity index (χ1) is 12.3. The van der Waals surface area contributed by atoms with Gasteiger partial charge in [0.2, 0.25) is 0 Å². The van der Waals surface area contributed by atoms with Gasteiger partial charge >= 0.3 is 6.09 Å². The van der Waals surface area contributed by atoms with Gasteiger partial charge in [-0.2, -0.15) is 0 Å². The molecule has 1 unspecified atom stereocenters. The Bertz CT molecular complexity index is 713. The molecule has 0 spiro atoms. The Morgan fingerprint density at radius 3 is 2.72 bits per heavy atom. The maximum atomic E-state index is 12.5. The number of hydrogen-bond acceptors (Lipinski definition) is 4. The Morgan fingerprint density at radius 1 is 1.16 bits per heavy atom. The summed E-state index contributed by atoms with van der Waals surface area (Å²) in [6.45, 7) is 1.05. The van der Waals surface area contributed by atoms with E-state index in [9.17, 15) is 4.79 Å². The molecule has 1 atom stereocenters. The average molecular weight is 337 g/mol. The van der Waals surface area contributed by atoms with Crippen molar-refractivity contribution in [2.24, 2.45) is 0 Å². The smallest absolute Gasteiger partial charge is 0.410 e. The fourth-order valence-electron chi connectivity index (χ4n) is 3.26. The topological polar surface area (TPSA) is 54.5 Å². The molecule has 1 N–H and O–H groups in total. The number of carbonyl (C=O) groups excluding carboxylic acids is 1. The van der Waals surface area contributed by atoms with Gasteiger partial charge in [0.1, 0.15) is 12.4 Å². The number of anilines is 1. The van der Waals surface area contributed by atoms with Gasteiger partial charge in [-0.1, -0.05) is 36.4 Å². The van der Waals surface area contributed by atoms with Crippen LogP contribution < -0.4 is 5.32 Å². The van der Waals surface area contributed by atoms with Crippen LogP contribution in [0.4, 0.5) is 10.6 Å². The molecule has 2 aromatic rings. The lowest BCUT2D eigenvalue weighted by Gasteiger charge is -2.24. The number of benzene rings is 1. The van der Waals surface area contributed by atoms with Crippen LogP contribution in [0.1, 0.15) is 42.9 Å². The Labute approximate surface area is 148 Å². The summed E-state index contributed by atoms with van der Waals surface area (Å²) in [6.07, 6.45) is 6.05. The Kier molecular flexibility index (Phi) is 4.55. The summed E-state index contributed by atoms with van der Waals surface area (Å²) in [6, 6.07) is 14.5. The predicted molar refractivity (Wildman–Crippen MR) is 96.2 cm³/mol. The van der Waals surface area contributed by atoms with E-state index < -0.39 is 0 Å². The number of pyridine rings is 1. The molecule has 0 radical (unpaired) electrons. The number of nitrogens with zero attached hydrogens (tertiary/aromatic N) is 2. The van der Waals surface area contributed by atoms with E-state index in [2.05, 4.69) is 16.4 Å². The molecule has 5 heteroatoms. The zero-order chi connectivity index (χ0) is 17.1. The van der Waals surface area contributed by atoms with Crippen molar-refractivity contribution in [1.82, 2.24) is 9.88 Å². The van der Waals surface area contributed by atoms with Gasteiger partial charge in [-0.3, -0.25) is 0 Å². The summed E-state index contributed by atoms with van der Waals surface area (Å²) >= 11 is 0. The van der Waals surface area contributed by atoms with E-state index in [-0.39, 0.29) is 12.1 Å². The van der Waals surface area contributed by atoms with Gasteiger partial charge in [0, 0.05) is 18.8 Å². The lowest BCUT2D eigenvalue weighted by Crippen LogP contribution is -2.31. The molecule has 4 rings (SSSR count). The van der Waals surface area contributed by atoms with Crippen LogP contribution in [0.2, 0.25) is 0 Å². The average Bonchev–Trinajstić information content (AvgIpc) is 3.33. The molecule has 130 valence electrons. The molecule has 1 saturated carbocycles. The van der Waals surface area contributed by atoms with E-state index in [0.29, 0.717) is 12.6 Å². The minimum atomic E-state index is -0.244. The molecular weight excluding hydrogens is 314 g/mol. The maximum Gasteiger partial charge on any atom is 0.410 e. The molecule has 1 saturated heterocycles. The summed E-state index contributed by atoms with van der Waals surface area (Å²) in [5.41, 5.74) is 2.08. The molecule has 1 aliphatic heterocycles. The third-order valence-electron chi connectivity index (χ3n) is 4.79. The first kappa shape index (κ1) is 15.9. The largest absolute Gasteiger partial charge is 0.445 e. The van der Waals surface area contributed by atoms with Crippen molar-refractivity contribution in [3.05, 3.63) is 59.8 Å². The summed E-state index contributed by atoms with van der Waals surface area (Å²) in [4.78, 5) is 18.8. The van der Waals surface area contributed by atoms with E-state index >= 15 is 0 Å². The third-order valence-corrected chi connectivity index (χ3v) is 4.79. The standard InChI is InChI=1S/C20H23N3O2/c24-20(25-14-15-5-2-1-3-6-15)23-12-4-7-18(23)16-8-11-19(21-13-16)22-17-9-10-17/h1-3,5-6,8,11,13,17-18H,4,7,9-10,12,14H2,(H,21,22). The number of likely N-dealkylation sites (tertiary alicyclic amines) is 1. The minimum Gasteiger partial charge on any atom is -0.445 e. The zero-order valence-corrected chi connectivity index (χ0v) is 14.2. The van der Waals surface area contributed by atoms with Crippen LogP contribution in [0.25, 0.3) is 0 Å². The molecular formula is C20H23N3O2. The number of ether oxygens (including phenoxy) is 1. The Balaban J connectivity index is 1.38. The molecule has 2 fully saturated rings. The van der Waals surface area contributed by atoms with E-state index in [1.165, 1.54) is 12.8 Å². The summed E-state index contributed by atoms with van der Waals surface area (Å²) in [7, 11) is 0. The van der Waals surface area contributed by atoms with Gasteiger partial charge in [-0.05, 0) is 42.9 Å². The van der Waals surface area contributed by atoms with Crippen LogP contribution in [0.5, 0.6) is 0 Å². The van der Waals surface area contributed by atoms with E-state index in [1.807, 2.05) is 47.5 Å². The highest BCUT2D eigenvalue weighted by Crippen LogP contribution is 2.33. The van der Waals surface area contributed by atoms with Gasteiger partial charge < -0.3 is 15.0 Å². The van der Waals surface area contributed by atoms with Crippen LogP contribution in [0.15, 0.2) is 48.7 Å². The zero-order valence-electron chi connectivity index (χ0n) is 14.2. The van der Waals surface area contributed by atoms with Crippen molar-refractivity contribution in [3.8, 4) is 0 Å². The highest BCUT2D eigenvalue weighted by molar-refractivity contribution is 5.68. The van der Waals surface area contributed by atoms with Crippen LogP contribution in [0.3, 0.4) is 0 Å². The Morgan fingerprint density at radius 2 is 2.00 bits per heavy atom. The summed E-state index contributed by atoms with van der Waals surface area (Å²) < 4.78 is 5.50. The maximum absolute atomic E-state index is 12.5. The Hall–Kier alpha value is -2.56. The number of hydrogen-bond donors (Lipinski definition) is 1. The van der Waals surface area contributed by atoms with Gasteiger partial charge in [0.15, 0.2) is 0 Å².